The van der Waals surface area contributed by atoms with Crippen molar-refractivity contribution in [3.05, 3.63) is 104 Å². The van der Waals surface area contributed by atoms with Gasteiger partial charge in [0.2, 0.25) is 5.91 Å². The Hall–Kier alpha value is -4.51. The minimum atomic E-state index is -0.688. The third kappa shape index (κ3) is 6.39. The van der Waals surface area contributed by atoms with Crippen molar-refractivity contribution in [2.45, 2.75) is 13.5 Å². The Morgan fingerprint density at radius 1 is 1.14 bits per heavy atom. The van der Waals surface area contributed by atoms with Crippen LogP contribution >= 0.6 is 15.9 Å². The predicted molar refractivity (Wildman–Crippen MR) is 140 cm³/mol. The van der Waals surface area contributed by atoms with E-state index in [0.29, 0.717) is 27.0 Å². The molecule has 0 saturated carbocycles. The molecule has 0 aromatic heterocycles. The van der Waals surface area contributed by atoms with Gasteiger partial charge in [-0.25, -0.2) is 9.69 Å². The second-order valence-electron chi connectivity index (χ2n) is 8.20. The van der Waals surface area contributed by atoms with Crippen molar-refractivity contribution in [1.82, 2.24) is 10.2 Å². The van der Waals surface area contributed by atoms with Gasteiger partial charge in [0.1, 0.15) is 24.6 Å². The van der Waals surface area contributed by atoms with Crippen molar-refractivity contribution in [3.63, 3.8) is 0 Å². The number of halogens is 1. The minimum absolute atomic E-state index is 0.0212. The van der Waals surface area contributed by atoms with Crippen LogP contribution in [0, 0.1) is 17.0 Å². The number of nitro groups is 1. The molecule has 188 valence electrons. The highest BCUT2D eigenvalue weighted by Crippen LogP contribution is 2.28. The van der Waals surface area contributed by atoms with Crippen LogP contribution in [-0.2, 0) is 16.2 Å². The maximum absolute atomic E-state index is 12.8. The molecule has 2 N–H and O–H groups in total. The van der Waals surface area contributed by atoms with Crippen LogP contribution in [0.25, 0.3) is 6.08 Å². The van der Waals surface area contributed by atoms with Gasteiger partial charge >= 0.3 is 6.03 Å². The van der Waals surface area contributed by atoms with E-state index in [4.69, 9.17) is 4.74 Å². The lowest BCUT2D eigenvalue weighted by molar-refractivity contribution is -0.384. The summed E-state index contributed by atoms with van der Waals surface area (Å²) in [5.41, 5.74) is 2.79. The number of benzene rings is 3. The van der Waals surface area contributed by atoms with E-state index in [-0.39, 0.29) is 18.0 Å². The summed E-state index contributed by atoms with van der Waals surface area (Å²) in [5.74, 6) is -0.625. The summed E-state index contributed by atoms with van der Waals surface area (Å²) < 4.78 is 6.34. The second-order valence-corrected chi connectivity index (χ2v) is 9.06. The molecule has 1 heterocycles. The number of urea groups is 1. The zero-order valence-corrected chi connectivity index (χ0v) is 21.2. The van der Waals surface area contributed by atoms with Gasteiger partial charge in [-0.05, 0) is 69.9 Å². The Morgan fingerprint density at radius 2 is 1.92 bits per heavy atom. The lowest BCUT2D eigenvalue weighted by Crippen LogP contribution is -2.38. The molecule has 1 aliphatic heterocycles. The Labute approximate surface area is 220 Å². The molecule has 3 aromatic rings. The fourth-order valence-electron chi connectivity index (χ4n) is 3.59. The van der Waals surface area contributed by atoms with Gasteiger partial charge in [0.15, 0.2) is 0 Å². The number of carbonyl (C=O) groups excluding carboxylic acids is 3. The van der Waals surface area contributed by atoms with E-state index < -0.39 is 29.3 Å². The van der Waals surface area contributed by atoms with Crippen molar-refractivity contribution < 1.29 is 24.0 Å². The number of carbonyl (C=O) groups is 3. The molecule has 0 atom stereocenters. The van der Waals surface area contributed by atoms with Gasteiger partial charge < -0.3 is 15.4 Å². The fourth-order valence-corrected chi connectivity index (χ4v) is 4.10. The number of non-ortho nitro benzene ring substituents is 1. The van der Waals surface area contributed by atoms with Gasteiger partial charge in [0.25, 0.3) is 11.6 Å². The van der Waals surface area contributed by atoms with Crippen molar-refractivity contribution in [2.24, 2.45) is 0 Å². The number of nitrogens with zero attached hydrogens (tertiary/aromatic N) is 2. The first kappa shape index (κ1) is 25.6. The van der Waals surface area contributed by atoms with Gasteiger partial charge in [-0.3, -0.25) is 19.7 Å². The number of ether oxygens (including phenoxy) is 1. The molecule has 0 unspecified atom stereocenters. The first-order valence-corrected chi connectivity index (χ1v) is 11.9. The molecule has 0 radical (unpaired) electrons. The number of hydrogen-bond acceptors (Lipinski definition) is 6. The third-order valence-corrected chi connectivity index (χ3v) is 5.97. The molecule has 0 aliphatic carbocycles. The number of imide groups is 1. The lowest BCUT2D eigenvalue weighted by Gasteiger charge is -2.12. The molecule has 4 rings (SSSR count). The molecule has 0 bridgehead atoms. The highest BCUT2D eigenvalue weighted by Gasteiger charge is 2.35. The van der Waals surface area contributed by atoms with Crippen LogP contribution in [0.5, 0.6) is 5.75 Å². The highest BCUT2D eigenvalue weighted by molar-refractivity contribution is 9.10. The normalized spacial score (nSPS) is 14.0. The van der Waals surface area contributed by atoms with Gasteiger partial charge in [-0.15, -0.1) is 0 Å². The molecular formula is C26H21BrN4O6. The Kier molecular flexibility index (Phi) is 7.63. The molecular weight excluding hydrogens is 544 g/mol. The van der Waals surface area contributed by atoms with Crippen molar-refractivity contribution in [2.75, 3.05) is 11.9 Å². The van der Waals surface area contributed by atoms with Crippen LogP contribution in [0.3, 0.4) is 0 Å². The summed E-state index contributed by atoms with van der Waals surface area (Å²) in [6.45, 7) is 1.58. The number of hydrogen-bond donors (Lipinski definition) is 2. The predicted octanol–water partition coefficient (Wildman–Crippen LogP) is 4.78. The van der Waals surface area contributed by atoms with E-state index in [9.17, 15) is 24.5 Å². The Balaban J connectivity index is 1.39. The van der Waals surface area contributed by atoms with E-state index in [0.717, 1.165) is 10.5 Å². The molecule has 0 spiro atoms. The van der Waals surface area contributed by atoms with Crippen LogP contribution in [0.15, 0.2) is 76.9 Å². The molecule has 37 heavy (non-hydrogen) atoms. The molecule has 1 aliphatic rings. The largest absolute Gasteiger partial charge is 0.488 e. The number of aryl methyl sites for hydroxylation is 1. The average Bonchev–Trinajstić information content (AvgIpc) is 3.11. The summed E-state index contributed by atoms with van der Waals surface area (Å²) in [6, 6.07) is 17.7. The quantitative estimate of drug-likeness (QED) is 0.175. The van der Waals surface area contributed by atoms with Gasteiger partial charge in [-0.2, -0.15) is 0 Å². The number of nitrogens with one attached hydrogen (secondary N) is 2. The maximum atomic E-state index is 12.8. The number of amides is 4. The molecule has 1 saturated heterocycles. The smallest absolute Gasteiger partial charge is 0.329 e. The maximum Gasteiger partial charge on any atom is 0.329 e. The van der Waals surface area contributed by atoms with Crippen molar-refractivity contribution >= 4 is 51.2 Å². The SMILES string of the molecule is Cc1cccc(NC(=O)CN2C(=O)N/C(=C/c3ccc(OCc4cccc([N+](=O)[O-])c4)c(Br)c3)C2=O)c1. The first-order valence-electron chi connectivity index (χ1n) is 11.1. The number of nitro benzene ring substituents is 1. The summed E-state index contributed by atoms with van der Waals surface area (Å²) in [5, 5.41) is 16.1. The highest BCUT2D eigenvalue weighted by atomic mass is 79.9. The molecule has 4 amide bonds. The van der Waals surface area contributed by atoms with E-state index in [2.05, 4.69) is 26.6 Å². The van der Waals surface area contributed by atoms with Crippen LogP contribution in [0.1, 0.15) is 16.7 Å². The van der Waals surface area contributed by atoms with Crippen molar-refractivity contribution in [1.29, 1.82) is 0 Å². The molecule has 1 fully saturated rings. The molecule has 11 heteroatoms. The Bertz CT molecular complexity index is 1440. The first-order chi connectivity index (χ1) is 17.7. The fraction of sp³-hybridized carbons (Fsp3) is 0.115. The van der Waals surface area contributed by atoms with Crippen LogP contribution < -0.4 is 15.4 Å². The lowest BCUT2D eigenvalue weighted by atomic mass is 10.1. The van der Waals surface area contributed by atoms with Crippen LogP contribution in [-0.4, -0.2) is 34.2 Å². The third-order valence-electron chi connectivity index (χ3n) is 5.35. The zero-order valence-electron chi connectivity index (χ0n) is 19.6. The van der Waals surface area contributed by atoms with Crippen LogP contribution in [0.2, 0.25) is 0 Å². The van der Waals surface area contributed by atoms with Gasteiger partial charge in [0, 0.05) is 17.8 Å². The summed E-state index contributed by atoms with van der Waals surface area (Å²) in [7, 11) is 0. The van der Waals surface area contributed by atoms with E-state index in [1.165, 1.54) is 18.2 Å². The van der Waals surface area contributed by atoms with Crippen LogP contribution in [0.4, 0.5) is 16.2 Å². The standard InChI is InChI=1S/C26H21BrN4O6/c1-16-4-2-6-19(10-16)28-24(32)14-30-25(33)22(29-26(30)34)13-17-8-9-23(21(27)12-17)37-15-18-5-3-7-20(11-18)31(35)36/h2-13H,14-15H2,1H3,(H,28,32)(H,29,34)/b22-13+. The summed E-state index contributed by atoms with van der Waals surface area (Å²) >= 11 is 3.42. The second kappa shape index (κ2) is 11.0. The minimum Gasteiger partial charge on any atom is -0.488 e. The topological polar surface area (TPSA) is 131 Å². The van der Waals surface area contributed by atoms with E-state index in [1.54, 1.807) is 48.5 Å². The molecule has 10 nitrogen and oxygen atoms in total. The van der Waals surface area contributed by atoms with Crippen molar-refractivity contribution in [3.8, 4) is 5.75 Å². The van der Waals surface area contributed by atoms with Gasteiger partial charge in [-0.1, -0.05) is 30.3 Å². The summed E-state index contributed by atoms with van der Waals surface area (Å²) in [4.78, 5) is 48.8. The number of rotatable bonds is 8. The number of anilines is 1. The Morgan fingerprint density at radius 3 is 2.65 bits per heavy atom. The average molecular weight is 565 g/mol. The van der Waals surface area contributed by atoms with Gasteiger partial charge in [0.05, 0.1) is 9.40 Å². The van der Waals surface area contributed by atoms with E-state index >= 15 is 0 Å². The van der Waals surface area contributed by atoms with E-state index in [1.807, 2.05) is 13.0 Å². The zero-order chi connectivity index (χ0) is 26.5. The molecule has 3 aromatic carbocycles. The monoisotopic (exact) mass is 564 g/mol. The summed E-state index contributed by atoms with van der Waals surface area (Å²) in [6.07, 6.45) is 1.49.